The van der Waals surface area contributed by atoms with E-state index in [1.54, 1.807) is 18.4 Å². The normalized spacial score (nSPS) is 13.9. The van der Waals surface area contributed by atoms with Gasteiger partial charge in [-0.05, 0) is 27.2 Å². The van der Waals surface area contributed by atoms with Crippen LogP contribution in [0.5, 0.6) is 0 Å². The molecule has 0 fully saturated rings. The van der Waals surface area contributed by atoms with Crippen LogP contribution in [-0.2, 0) is 15.4 Å². The summed E-state index contributed by atoms with van der Waals surface area (Å²) in [7, 11) is 1.72. The number of alkyl halides is 1. The van der Waals surface area contributed by atoms with E-state index >= 15 is 0 Å². The minimum atomic E-state index is -0.135. The fourth-order valence-electron chi connectivity index (χ4n) is 1.23. The van der Waals surface area contributed by atoms with Gasteiger partial charge < -0.3 is 9.47 Å². The van der Waals surface area contributed by atoms with Crippen molar-refractivity contribution in [1.29, 1.82) is 0 Å². The molecule has 98 valence electrons. The smallest absolute Gasteiger partial charge is 0.122 e. The highest BCUT2D eigenvalue weighted by Crippen LogP contribution is 2.23. The average molecular weight is 278 g/mol. The molecule has 0 amide bonds. The van der Waals surface area contributed by atoms with Gasteiger partial charge in [0.2, 0.25) is 0 Å². The summed E-state index contributed by atoms with van der Waals surface area (Å²) >= 11 is 7.31. The van der Waals surface area contributed by atoms with Crippen molar-refractivity contribution in [3.63, 3.8) is 0 Å². The summed E-state index contributed by atoms with van der Waals surface area (Å²) in [6.07, 6.45) is 0.881. The number of hydrogen-bond donors (Lipinski definition) is 0. The van der Waals surface area contributed by atoms with Gasteiger partial charge in [-0.2, -0.15) is 0 Å². The van der Waals surface area contributed by atoms with Crippen molar-refractivity contribution in [2.45, 2.75) is 44.8 Å². The van der Waals surface area contributed by atoms with Gasteiger partial charge in [0, 0.05) is 12.5 Å². The van der Waals surface area contributed by atoms with Crippen LogP contribution in [0.15, 0.2) is 5.38 Å². The van der Waals surface area contributed by atoms with E-state index in [1.807, 2.05) is 12.3 Å². The van der Waals surface area contributed by atoms with Crippen LogP contribution >= 0.6 is 22.9 Å². The summed E-state index contributed by atoms with van der Waals surface area (Å²) in [5, 5.41) is 2.96. The average Bonchev–Trinajstić information content (AvgIpc) is 2.77. The third kappa shape index (κ3) is 4.92. The van der Waals surface area contributed by atoms with Crippen LogP contribution in [0.4, 0.5) is 0 Å². The van der Waals surface area contributed by atoms with Gasteiger partial charge in [0.25, 0.3) is 0 Å². The van der Waals surface area contributed by atoms with Crippen molar-refractivity contribution < 1.29 is 9.47 Å². The predicted molar refractivity (Wildman–Crippen MR) is 71.7 cm³/mol. The minimum Gasteiger partial charge on any atom is -0.379 e. The molecule has 0 saturated heterocycles. The number of rotatable bonds is 7. The summed E-state index contributed by atoms with van der Waals surface area (Å²) in [6, 6.07) is 0. The lowest BCUT2D eigenvalue weighted by Crippen LogP contribution is -2.24. The van der Waals surface area contributed by atoms with Crippen LogP contribution in [0.1, 0.15) is 44.0 Å². The number of aromatic nitrogens is 1. The molecule has 1 heterocycles. The van der Waals surface area contributed by atoms with E-state index in [0.29, 0.717) is 12.5 Å². The van der Waals surface area contributed by atoms with Crippen LogP contribution in [0.2, 0.25) is 0 Å². The zero-order valence-electron chi connectivity index (χ0n) is 10.8. The number of nitrogens with zero attached hydrogens (tertiary/aromatic N) is 1. The van der Waals surface area contributed by atoms with Crippen LogP contribution in [0.3, 0.4) is 0 Å². The molecule has 0 N–H and O–H groups in total. The number of methoxy groups -OCH3 is 1. The van der Waals surface area contributed by atoms with Gasteiger partial charge in [-0.25, -0.2) is 4.98 Å². The summed E-state index contributed by atoms with van der Waals surface area (Å²) < 4.78 is 11.1. The number of thiazole rings is 1. The first-order chi connectivity index (χ1) is 7.98. The maximum atomic E-state index is 5.75. The monoisotopic (exact) mass is 277 g/mol. The largest absolute Gasteiger partial charge is 0.379 e. The van der Waals surface area contributed by atoms with Gasteiger partial charge in [0.15, 0.2) is 0 Å². The lowest BCUT2D eigenvalue weighted by Gasteiger charge is -2.23. The molecule has 0 radical (unpaired) electrons. The maximum Gasteiger partial charge on any atom is 0.122 e. The van der Waals surface area contributed by atoms with Crippen molar-refractivity contribution in [2.75, 3.05) is 13.7 Å². The van der Waals surface area contributed by atoms with Gasteiger partial charge in [0.05, 0.1) is 23.8 Å². The van der Waals surface area contributed by atoms with Gasteiger partial charge in [-0.15, -0.1) is 22.9 Å². The van der Waals surface area contributed by atoms with Gasteiger partial charge in [-0.3, -0.25) is 0 Å². The van der Waals surface area contributed by atoms with Crippen molar-refractivity contribution >= 4 is 22.9 Å². The lowest BCUT2D eigenvalue weighted by molar-refractivity contribution is -0.0239. The third-order valence-corrected chi connectivity index (χ3v) is 4.01. The number of halogens is 1. The van der Waals surface area contributed by atoms with E-state index in [9.17, 15) is 0 Å². The molecule has 0 aliphatic rings. The fraction of sp³-hybridized carbons (Fsp3) is 0.750. The van der Waals surface area contributed by atoms with E-state index < -0.39 is 0 Å². The van der Waals surface area contributed by atoms with Crippen molar-refractivity contribution in [2.24, 2.45) is 0 Å². The molecule has 1 atom stereocenters. The molecule has 0 aromatic carbocycles. The molecule has 0 bridgehead atoms. The quantitative estimate of drug-likeness (QED) is 0.711. The minimum absolute atomic E-state index is 0.0182. The Morgan fingerprint density at radius 2 is 2.24 bits per heavy atom. The van der Waals surface area contributed by atoms with Crippen LogP contribution in [0, 0.1) is 0 Å². The van der Waals surface area contributed by atoms with E-state index in [-0.39, 0.29) is 11.7 Å². The highest BCUT2D eigenvalue weighted by Gasteiger charge is 2.17. The lowest BCUT2D eigenvalue weighted by atomic mass is 10.1. The zero-order chi connectivity index (χ0) is 12.9. The van der Waals surface area contributed by atoms with Crippen molar-refractivity contribution in [3.8, 4) is 0 Å². The zero-order valence-corrected chi connectivity index (χ0v) is 12.4. The Labute approximate surface area is 112 Å². The standard InChI is InChI=1S/C12H20ClNO2S/c1-9(11-14-10(7-13)8-17-11)16-6-5-12(2,3)15-4/h8-9H,5-7H2,1-4H3. The Bertz CT molecular complexity index is 341. The Balaban J connectivity index is 2.37. The number of ether oxygens (including phenoxy) is 2. The highest BCUT2D eigenvalue weighted by molar-refractivity contribution is 7.09. The molecule has 0 aliphatic heterocycles. The van der Waals surface area contributed by atoms with E-state index in [0.717, 1.165) is 17.1 Å². The molecule has 3 nitrogen and oxygen atoms in total. The first-order valence-corrected chi connectivity index (χ1v) is 7.07. The molecule has 1 rings (SSSR count). The molecule has 5 heteroatoms. The first kappa shape index (κ1) is 14.9. The van der Waals surface area contributed by atoms with E-state index in [2.05, 4.69) is 18.8 Å². The van der Waals surface area contributed by atoms with Gasteiger partial charge in [-0.1, -0.05) is 0 Å². The summed E-state index contributed by atoms with van der Waals surface area (Å²) in [5.74, 6) is 0.458. The second-order valence-corrected chi connectivity index (χ2v) is 5.69. The van der Waals surface area contributed by atoms with Crippen LogP contribution < -0.4 is 0 Å². The van der Waals surface area contributed by atoms with Crippen LogP contribution in [0.25, 0.3) is 0 Å². The summed E-state index contributed by atoms with van der Waals surface area (Å²) in [5.41, 5.74) is 0.781. The van der Waals surface area contributed by atoms with Crippen molar-refractivity contribution in [3.05, 3.63) is 16.1 Å². The molecule has 0 spiro atoms. The Morgan fingerprint density at radius 3 is 2.76 bits per heavy atom. The molecule has 0 aliphatic carbocycles. The third-order valence-electron chi connectivity index (χ3n) is 2.68. The number of hydrogen-bond acceptors (Lipinski definition) is 4. The molecular formula is C12H20ClNO2S. The summed E-state index contributed by atoms with van der Waals surface area (Å²) in [6.45, 7) is 6.78. The SMILES string of the molecule is COC(C)(C)CCOC(C)c1nc(CCl)cs1. The second kappa shape index (κ2) is 6.69. The molecular weight excluding hydrogens is 258 g/mol. The second-order valence-electron chi connectivity index (χ2n) is 4.54. The maximum absolute atomic E-state index is 5.75. The Kier molecular flexibility index (Phi) is 5.86. The fourth-order valence-corrected chi connectivity index (χ4v) is 2.28. The molecule has 17 heavy (non-hydrogen) atoms. The van der Waals surface area contributed by atoms with Gasteiger partial charge >= 0.3 is 0 Å². The predicted octanol–water partition coefficient (Wildman–Crippen LogP) is 3.77. The molecule has 0 saturated carbocycles. The molecule has 1 aromatic rings. The topological polar surface area (TPSA) is 31.4 Å². The van der Waals surface area contributed by atoms with Crippen molar-refractivity contribution in [1.82, 2.24) is 4.98 Å². The molecule has 1 unspecified atom stereocenters. The van der Waals surface area contributed by atoms with E-state index in [4.69, 9.17) is 21.1 Å². The van der Waals surface area contributed by atoms with E-state index in [1.165, 1.54) is 0 Å². The molecule has 1 aromatic heterocycles. The van der Waals surface area contributed by atoms with Gasteiger partial charge in [0.1, 0.15) is 11.1 Å². The first-order valence-electron chi connectivity index (χ1n) is 5.65. The summed E-state index contributed by atoms with van der Waals surface area (Å²) in [4.78, 5) is 4.39. The Hall–Kier alpha value is -0.160. The van der Waals surface area contributed by atoms with Crippen LogP contribution in [-0.4, -0.2) is 24.3 Å². The highest BCUT2D eigenvalue weighted by atomic mass is 35.5. The Morgan fingerprint density at radius 1 is 1.53 bits per heavy atom.